The van der Waals surface area contributed by atoms with E-state index in [1.165, 1.54) is 38.0 Å². The molecule has 5 atom stereocenters. The molecule has 1 aromatic rings. The molecular weight excluding hydrogens is 294 g/mol. The number of rotatable bonds is 2. The monoisotopic (exact) mass is 326 g/mol. The fraction of sp³-hybridized carbons (Fsp3) is 0.667. The molecule has 3 aliphatic rings. The number of likely N-dealkylation sites (tertiary alicyclic amines) is 1. The zero-order valence-electron chi connectivity index (χ0n) is 15.7. The van der Waals surface area contributed by atoms with Gasteiger partial charge in [0.05, 0.1) is 0 Å². The Bertz CT molecular complexity index is 618. The Balaban J connectivity index is 1.65. The molecule has 1 aromatic carbocycles. The predicted octanol–water partition coefficient (Wildman–Crippen LogP) is 2.91. The Morgan fingerprint density at radius 3 is 2.58 bits per heavy atom. The summed E-state index contributed by atoms with van der Waals surface area (Å²) in [7, 11) is 8.86. The molecule has 4 rings (SSSR count). The quantitative estimate of drug-likeness (QED) is 0.773. The second kappa shape index (κ2) is 6.18. The lowest BCUT2D eigenvalue weighted by atomic mass is 9.61. The molecule has 3 heteroatoms. The van der Waals surface area contributed by atoms with E-state index in [2.05, 4.69) is 73.0 Å². The molecule has 2 aliphatic heterocycles. The average Bonchev–Trinajstić information content (AvgIpc) is 2.96. The molecular formula is C21H32N3+. The lowest BCUT2D eigenvalue weighted by Crippen LogP contribution is -2.52. The van der Waals surface area contributed by atoms with Gasteiger partial charge < -0.3 is 9.80 Å². The van der Waals surface area contributed by atoms with Crippen LogP contribution in [0, 0.1) is 17.8 Å². The maximum atomic E-state index is 2.65. The largest absolute Gasteiger partial charge is 0.378 e. The first kappa shape index (κ1) is 16.1. The fourth-order valence-electron chi connectivity index (χ4n) is 5.65. The Kier molecular flexibility index (Phi) is 4.16. The highest BCUT2D eigenvalue weighted by atomic mass is 15.1. The summed E-state index contributed by atoms with van der Waals surface area (Å²) in [5.74, 6) is 3.15. The molecule has 0 spiro atoms. The van der Waals surface area contributed by atoms with Gasteiger partial charge in [0.2, 0.25) is 0 Å². The molecule has 3 nitrogen and oxygen atoms in total. The van der Waals surface area contributed by atoms with Gasteiger partial charge in [-0.1, -0.05) is 12.1 Å². The van der Waals surface area contributed by atoms with Crippen molar-refractivity contribution >= 4 is 11.9 Å². The SMILES string of the molecule is CN(C)c1ccc(C2CC3C(CCCN3C)C3C=[N+](C)CC23)cc1. The van der Waals surface area contributed by atoms with Crippen molar-refractivity contribution < 1.29 is 4.58 Å². The van der Waals surface area contributed by atoms with E-state index >= 15 is 0 Å². The van der Waals surface area contributed by atoms with E-state index in [0.29, 0.717) is 5.92 Å². The third kappa shape index (κ3) is 2.67. The van der Waals surface area contributed by atoms with Crippen LogP contribution in [0.15, 0.2) is 24.3 Å². The van der Waals surface area contributed by atoms with Crippen LogP contribution in [-0.4, -0.2) is 63.0 Å². The molecule has 1 saturated carbocycles. The number of piperidine rings is 1. The Hall–Kier alpha value is -1.35. The fourth-order valence-corrected chi connectivity index (χ4v) is 5.65. The van der Waals surface area contributed by atoms with Crippen LogP contribution in [0.3, 0.4) is 0 Å². The number of nitrogens with zero attached hydrogens (tertiary/aromatic N) is 3. The number of benzene rings is 1. The zero-order chi connectivity index (χ0) is 16.8. The lowest BCUT2D eigenvalue weighted by Gasteiger charge is -2.49. The second-order valence-electron chi connectivity index (χ2n) is 8.51. The van der Waals surface area contributed by atoms with Crippen LogP contribution in [-0.2, 0) is 0 Å². The minimum Gasteiger partial charge on any atom is -0.378 e. The topological polar surface area (TPSA) is 9.49 Å². The summed E-state index contributed by atoms with van der Waals surface area (Å²) < 4.78 is 2.47. The molecule has 0 amide bonds. The summed E-state index contributed by atoms with van der Waals surface area (Å²) in [6, 6.07) is 10.1. The molecule has 2 heterocycles. The van der Waals surface area contributed by atoms with Crippen molar-refractivity contribution in [3.63, 3.8) is 0 Å². The van der Waals surface area contributed by atoms with E-state index in [0.717, 1.165) is 23.8 Å². The van der Waals surface area contributed by atoms with Gasteiger partial charge in [0.1, 0.15) is 19.8 Å². The van der Waals surface area contributed by atoms with Crippen molar-refractivity contribution in [3.05, 3.63) is 29.8 Å². The summed E-state index contributed by atoms with van der Waals surface area (Å²) in [6.45, 7) is 2.51. The third-order valence-corrected chi connectivity index (χ3v) is 6.87. The lowest BCUT2D eigenvalue weighted by molar-refractivity contribution is -0.490. The minimum atomic E-state index is 0.703. The van der Waals surface area contributed by atoms with Gasteiger partial charge in [0, 0.05) is 37.7 Å². The number of fused-ring (bicyclic) bond motifs is 3. The van der Waals surface area contributed by atoms with E-state index in [4.69, 9.17) is 0 Å². The summed E-state index contributed by atoms with van der Waals surface area (Å²) in [6.07, 6.45) is 6.70. The van der Waals surface area contributed by atoms with Gasteiger partial charge in [0.25, 0.3) is 0 Å². The van der Waals surface area contributed by atoms with Gasteiger partial charge in [-0.15, -0.1) is 0 Å². The number of anilines is 1. The summed E-state index contributed by atoms with van der Waals surface area (Å²) in [4.78, 5) is 4.84. The third-order valence-electron chi connectivity index (χ3n) is 6.87. The first-order chi connectivity index (χ1) is 11.5. The first-order valence-electron chi connectivity index (χ1n) is 9.57. The van der Waals surface area contributed by atoms with Crippen molar-refractivity contribution in [1.29, 1.82) is 0 Å². The Morgan fingerprint density at radius 1 is 1.12 bits per heavy atom. The molecule has 1 aliphatic carbocycles. The molecule has 5 unspecified atom stereocenters. The van der Waals surface area contributed by atoms with Gasteiger partial charge in [-0.3, -0.25) is 0 Å². The predicted molar refractivity (Wildman–Crippen MR) is 101 cm³/mol. The Morgan fingerprint density at radius 2 is 1.88 bits per heavy atom. The summed E-state index contributed by atoms with van der Waals surface area (Å²) in [5, 5.41) is 0. The highest BCUT2D eigenvalue weighted by molar-refractivity contribution is 5.59. The van der Waals surface area contributed by atoms with Crippen LogP contribution in [0.1, 0.15) is 30.7 Å². The first-order valence-corrected chi connectivity index (χ1v) is 9.57. The van der Waals surface area contributed by atoms with E-state index in [9.17, 15) is 0 Å². The van der Waals surface area contributed by atoms with Crippen LogP contribution < -0.4 is 4.90 Å². The molecule has 0 radical (unpaired) electrons. The van der Waals surface area contributed by atoms with Crippen LogP contribution in [0.2, 0.25) is 0 Å². The van der Waals surface area contributed by atoms with Crippen molar-refractivity contribution in [3.8, 4) is 0 Å². The molecule has 1 saturated heterocycles. The van der Waals surface area contributed by atoms with Gasteiger partial charge in [0.15, 0.2) is 0 Å². The van der Waals surface area contributed by atoms with Crippen molar-refractivity contribution in [2.75, 3.05) is 46.2 Å². The second-order valence-corrected chi connectivity index (χ2v) is 8.51. The van der Waals surface area contributed by atoms with Crippen molar-refractivity contribution in [2.45, 2.75) is 31.2 Å². The van der Waals surface area contributed by atoms with E-state index in [1.807, 2.05) is 0 Å². The highest BCUT2D eigenvalue weighted by Crippen LogP contribution is 2.49. The zero-order valence-corrected chi connectivity index (χ0v) is 15.7. The van der Waals surface area contributed by atoms with E-state index in [1.54, 1.807) is 5.56 Å². The van der Waals surface area contributed by atoms with Crippen LogP contribution in [0.5, 0.6) is 0 Å². The summed E-state index contributed by atoms with van der Waals surface area (Å²) in [5.41, 5.74) is 2.85. The molecule has 2 fully saturated rings. The Labute approximate surface area is 147 Å². The van der Waals surface area contributed by atoms with E-state index in [-0.39, 0.29) is 0 Å². The molecule has 130 valence electrons. The number of hydrogen-bond acceptors (Lipinski definition) is 2. The normalized spacial score (nSPS) is 36.0. The van der Waals surface area contributed by atoms with Gasteiger partial charge in [-0.05, 0) is 62.4 Å². The molecule has 0 bridgehead atoms. The van der Waals surface area contributed by atoms with Crippen LogP contribution >= 0.6 is 0 Å². The van der Waals surface area contributed by atoms with Gasteiger partial charge >= 0.3 is 0 Å². The molecule has 0 aromatic heterocycles. The number of hydrogen-bond donors (Lipinski definition) is 0. The smallest absolute Gasteiger partial charge is 0.146 e. The van der Waals surface area contributed by atoms with Gasteiger partial charge in [-0.25, -0.2) is 4.58 Å². The maximum Gasteiger partial charge on any atom is 0.146 e. The van der Waals surface area contributed by atoms with Crippen LogP contribution in [0.25, 0.3) is 0 Å². The molecule has 24 heavy (non-hydrogen) atoms. The standard InChI is InChI=1S/C21H32N3/c1-22(2)16-9-7-15(8-10-16)18-12-21-17(6-5-11-24(21)4)19-13-23(3)14-20(18)19/h7-10,13,17-21H,5-6,11-12,14H2,1-4H3/q+1. The highest BCUT2D eigenvalue weighted by Gasteiger charge is 2.51. The van der Waals surface area contributed by atoms with Crippen LogP contribution in [0.4, 0.5) is 5.69 Å². The van der Waals surface area contributed by atoms with Crippen molar-refractivity contribution in [2.24, 2.45) is 17.8 Å². The van der Waals surface area contributed by atoms with Gasteiger partial charge in [-0.2, -0.15) is 0 Å². The minimum absolute atomic E-state index is 0.703. The van der Waals surface area contributed by atoms with Crippen molar-refractivity contribution in [1.82, 2.24) is 4.90 Å². The van der Waals surface area contributed by atoms with E-state index < -0.39 is 0 Å². The maximum absolute atomic E-state index is 2.65. The molecule has 0 N–H and O–H groups in total. The average molecular weight is 327 g/mol. The summed E-state index contributed by atoms with van der Waals surface area (Å²) >= 11 is 0.